The van der Waals surface area contributed by atoms with Gasteiger partial charge in [-0.05, 0) is 19.3 Å². The highest BCUT2D eigenvalue weighted by molar-refractivity contribution is 7.89. The van der Waals surface area contributed by atoms with Gasteiger partial charge in [-0.2, -0.15) is 0 Å². The third kappa shape index (κ3) is 3.69. The molecule has 3 unspecified atom stereocenters. The molecule has 1 amide bonds. The predicted molar refractivity (Wildman–Crippen MR) is 71.2 cm³/mol. The Morgan fingerprint density at radius 1 is 1.40 bits per heavy atom. The standard InChI is InChI=1S/C12H20N2O5S/c13-20(18,19)7-8-4-11(15)14(6-8)10-3-1-2-9(5-10)12(16)17/h8-10H,1-7H2,(H,16,17)(H2,13,18,19). The molecule has 1 aliphatic carbocycles. The Kier molecular flexibility index (Phi) is 4.33. The van der Waals surface area contributed by atoms with Crippen LogP contribution in [0.5, 0.6) is 0 Å². The molecule has 20 heavy (non-hydrogen) atoms. The van der Waals surface area contributed by atoms with Gasteiger partial charge in [-0.1, -0.05) is 6.42 Å². The molecule has 0 bridgehead atoms. The number of nitrogens with two attached hydrogens (primary N) is 1. The number of nitrogens with zero attached hydrogens (tertiary/aromatic N) is 1. The van der Waals surface area contributed by atoms with E-state index in [9.17, 15) is 18.0 Å². The number of rotatable bonds is 4. The van der Waals surface area contributed by atoms with Gasteiger partial charge in [0.2, 0.25) is 15.9 Å². The Hall–Kier alpha value is -1.15. The number of carbonyl (C=O) groups excluding carboxylic acids is 1. The molecule has 2 aliphatic rings. The molecule has 3 N–H and O–H groups in total. The summed E-state index contributed by atoms with van der Waals surface area (Å²) in [7, 11) is -3.58. The summed E-state index contributed by atoms with van der Waals surface area (Å²) in [6.45, 7) is 0.367. The van der Waals surface area contributed by atoms with Gasteiger partial charge in [0.15, 0.2) is 0 Å². The van der Waals surface area contributed by atoms with E-state index in [-0.39, 0.29) is 30.0 Å². The van der Waals surface area contributed by atoms with Gasteiger partial charge >= 0.3 is 5.97 Å². The fourth-order valence-electron chi connectivity index (χ4n) is 3.27. The summed E-state index contributed by atoms with van der Waals surface area (Å²) in [6.07, 6.45) is 2.87. The Labute approximate surface area is 118 Å². The van der Waals surface area contributed by atoms with Crippen LogP contribution in [-0.2, 0) is 19.6 Å². The minimum Gasteiger partial charge on any atom is -0.481 e. The van der Waals surface area contributed by atoms with Crippen LogP contribution in [0.3, 0.4) is 0 Å². The van der Waals surface area contributed by atoms with Crippen molar-refractivity contribution in [1.29, 1.82) is 0 Å². The van der Waals surface area contributed by atoms with Gasteiger partial charge < -0.3 is 10.0 Å². The first-order valence-electron chi connectivity index (χ1n) is 6.79. The van der Waals surface area contributed by atoms with Gasteiger partial charge in [0, 0.05) is 24.9 Å². The molecule has 1 saturated carbocycles. The van der Waals surface area contributed by atoms with Gasteiger partial charge in [0.1, 0.15) is 0 Å². The van der Waals surface area contributed by atoms with E-state index in [1.54, 1.807) is 4.90 Å². The summed E-state index contributed by atoms with van der Waals surface area (Å²) < 4.78 is 22.2. The lowest BCUT2D eigenvalue weighted by Gasteiger charge is -2.34. The zero-order valence-corrected chi connectivity index (χ0v) is 12.0. The first-order chi connectivity index (χ1) is 9.26. The zero-order chi connectivity index (χ0) is 14.9. The fourth-order valence-corrected chi connectivity index (χ4v) is 4.15. The van der Waals surface area contributed by atoms with E-state index in [1.165, 1.54) is 0 Å². The van der Waals surface area contributed by atoms with Gasteiger partial charge in [-0.25, -0.2) is 13.6 Å². The molecule has 2 rings (SSSR count). The second-order valence-corrected chi connectivity index (χ2v) is 7.46. The van der Waals surface area contributed by atoms with Gasteiger partial charge in [-0.15, -0.1) is 0 Å². The average Bonchev–Trinajstić information content (AvgIpc) is 2.68. The molecule has 1 aliphatic heterocycles. The molecule has 2 fully saturated rings. The number of carboxylic acids is 1. The van der Waals surface area contributed by atoms with Crippen molar-refractivity contribution in [2.24, 2.45) is 17.0 Å². The summed E-state index contributed by atoms with van der Waals surface area (Å²) >= 11 is 0. The number of hydrogen-bond donors (Lipinski definition) is 2. The number of sulfonamides is 1. The minimum absolute atomic E-state index is 0.0807. The van der Waals surface area contributed by atoms with E-state index in [2.05, 4.69) is 0 Å². The van der Waals surface area contributed by atoms with Crippen LogP contribution in [0.25, 0.3) is 0 Å². The van der Waals surface area contributed by atoms with Crippen LogP contribution >= 0.6 is 0 Å². The van der Waals surface area contributed by atoms with Crippen LogP contribution < -0.4 is 5.14 Å². The number of carbonyl (C=O) groups is 2. The molecule has 1 saturated heterocycles. The average molecular weight is 304 g/mol. The molecule has 0 aromatic heterocycles. The normalized spacial score (nSPS) is 31.6. The summed E-state index contributed by atoms with van der Waals surface area (Å²) in [5, 5.41) is 14.1. The second-order valence-electron chi connectivity index (χ2n) is 5.80. The summed E-state index contributed by atoms with van der Waals surface area (Å²) in [5.41, 5.74) is 0. The summed E-state index contributed by atoms with van der Waals surface area (Å²) in [5.74, 6) is -1.77. The highest BCUT2D eigenvalue weighted by Crippen LogP contribution is 2.32. The molecule has 0 aromatic carbocycles. The first-order valence-corrected chi connectivity index (χ1v) is 8.50. The molecule has 0 aromatic rings. The maximum Gasteiger partial charge on any atom is 0.306 e. The molecular weight excluding hydrogens is 284 g/mol. The molecule has 8 heteroatoms. The number of aliphatic carboxylic acids is 1. The van der Waals surface area contributed by atoms with Gasteiger partial charge in [-0.3, -0.25) is 9.59 Å². The summed E-state index contributed by atoms with van der Waals surface area (Å²) in [6, 6.07) is -0.0807. The van der Waals surface area contributed by atoms with Crippen LogP contribution in [-0.4, -0.2) is 48.6 Å². The summed E-state index contributed by atoms with van der Waals surface area (Å²) in [4.78, 5) is 24.7. The zero-order valence-electron chi connectivity index (χ0n) is 11.2. The van der Waals surface area contributed by atoms with Crippen LogP contribution in [0, 0.1) is 11.8 Å². The highest BCUT2D eigenvalue weighted by atomic mass is 32.2. The van der Waals surface area contributed by atoms with Crippen LogP contribution in [0.15, 0.2) is 0 Å². The number of carboxylic acid groups (broad SMARTS) is 1. The Morgan fingerprint density at radius 2 is 2.10 bits per heavy atom. The lowest BCUT2D eigenvalue weighted by molar-refractivity contribution is -0.144. The van der Waals surface area contributed by atoms with Crippen molar-refractivity contribution in [3.8, 4) is 0 Å². The highest BCUT2D eigenvalue weighted by Gasteiger charge is 2.38. The van der Waals surface area contributed by atoms with E-state index in [4.69, 9.17) is 10.2 Å². The number of amides is 1. The number of likely N-dealkylation sites (tertiary alicyclic amines) is 1. The van der Waals surface area contributed by atoms with Gasteiger partial charge in [0.05, 0.1) is 11.7 Å². The first kappa shape index (κ1) is 15.2. The monoisotopic (exact) mass is 304 g/mol. The topological polar surface area (TPSA) is 118 Å². The molecule has 1 heterocycles. The minimum atomic E-state index is -3.58. The largest absolute Gasteiger partial charge is 0.481 e. The number of hydrogen-bond acceptors (Lipinski definition) is 4. The van der Waals surface area contributed by atoms with Crippen molar-refractivity contribution in [3.05, 3.63) is 0 Å². The van der Waals surface area contributed by atoms with Crippen molar-refractivity contribution in [2.75, 3.05) is 12.3 Å². The van der Waals surface area contributed by atoms with Crippen LogP contribution in [0.4, 0.5) is 0 Å². The second kappa shape index (κ2) is 5.69. The Morgan fingerprint density at radius 3 is 2.70 bits per heavy atom. The van der Waals surface area contributed by atoms with E-state index >= 15 is 0 Å². The molecule has 7 nitrogen and oxygen atoms in total. The van der Waals surface area contributed by atoms with Crippen molar-refractivity contribution in [2.45, 2.75) is 38.1 Å². The third-order valence-corrected chi connectivity index (χ3v) is 5.08. The van der Waals surface area contributed by atoms with E-state index in [1.807, 2.05) is 0 Å². The number of primary sulfonamides is 1. The Bertz CT molecular complexity index is 504. The van der Waals surface area contributed by atoms with Crippen molar-refractivity contribution < 1.29 is 23.1 Å². The fraction of sp³-hybridized carbons (Fsp3) is 0.833. The molecular formula is C12H20N2O5S. The Balaban J connectivity index is 1.99. The lowest BCUT2D eigenvalue weighted by atomic mass is 9.85. The predicted octanol–water partition coefficient (Wildman–Crippen LogP) is -0.233. The van der Waals surface area contributed by atoms with Crippen molar-refractivity contribution >= 4 is 21.9 Å². The van der Waals surface area contributed by atoms with Gasteiger partial charge in [0.25, 0.3) is 0 Å². The lowest BCUT2D eigenvalue weighted by Crippen LogP contribution is -2.41. The third-order valence-electron chi connectivity index (χ3n) is 4.14. The van der Waals surface area contributed by atoms with Crippen LogP contribution in [0.1, 0.15) is 32.1 Å². The molecule has 0 radical (unpaired) electrons. The maximum atomic E-state index is 12.0. The SMILES string of the molecule is NS(=O)(=O)CC1CC(=O)N(C2CCCC(C(=O)O)C2)C1. The van der Waals surface area contributed by atoms with E-state index in [0.717, 1.165) is 12.8 Å². The molecule has 0 spiro atoms. The van der Waals surface area contributed by atoms with E-state index in [0.29, 0.717) is 19.4 Å². The van der Waals surface area contributed by atoms with Crippen LogP contribution in [0.2, 0.25) is 0 Å². The molecule has 3 atom stereocenters. The quantitative estimate of drug-likeness (QED) is 0.743. The molecule has 114 valence electrons. The van der Waals surface area contributed by atoms with Crippen molar-refractivity contribution in [3.63, 3.8) is 0 Å². The smallest absolute Gasteiger partial charge is 0.306 e. The maximum absolute atomic E-state index is 12.0. The van der Waals surface area contributed by atoms with E-state index < -0.39 is 21.9 Å². The van der Waals surface area contributed by atoms with Crippen molar-refractivity contribution in [1.82, 2.24) is 4.90 Å².